The van der Waals surface area contributed by atoms with Crippen molar-refractivity contribution in [1.29, 1.82) is 0 Å². The molecule has 0 bridgehead atoms. The van der Waals surface area contributed by atoms with E-state index >= 15 is 0 Å². The Bertz CT molecular complexity index is 420. The number of nitrogens with zero attached hydrogens (tertiary/aromatic N) is 1. The lowest BCUT2D eigenvalue weighted by atomic mass is 9.98. The molecule has 15 heavy (non-hydrogen) atoms. The first-order valence-electron chi connectivity index (χ1n) is 4.81. The average Bonchev–Trinajstić information content (AvgIpc) is 2.17. The van der Waals surface area contributed by atoms with Crippen LogP contribution in [0.25, 0.3) is 0 Å². The zero-order valence-electron chi connectivity index (χ0n) is 8.29. The van der Waals surface area contributed by atoms with Crippen LogP contribution in [0.3, 0.4) is 0 Å². The van der Waals surface area contributed by atoms with E-state index in [-0.39, 0.29) is 11.7 Å². The zero-order chi connectivity index (χ0) is 11.0. The van der Waals surface area contributed by atoms with Crippen LogP contribution in [0.2, 0.25) is 0 Å². The number of nitro benzene ring substituents is 1. The van der Waals surface area contributed by atoms with Gasteiger partial charge in [-0.15, -0.1) is 0 Å². The fourth-order valence-electron chi connectivity index (χ4n) is 1.85. The molecular formula is C10H11FN2O2. The van der Waals surface area contributed by atoms with Crippen molar-refractivity contribution < 1.29 is 9.31 Å². The second-order valence-corrected chi connectivity index (χ2v) is 3.80. The highest BCUT2D eigenvalue weighted by Crippen LogP contribution is 2.34. The molecule has 0 spiro atoms. The van der Waals surface area contributed by atoms with Gasteiger partial charge in [0.1, 0.15) is 11.5 Å². The first-order chi connectivity index (χ1) is 7.08. The van der Waals surface area contributed by atoms with Gasteiger partial charge in [0.15, 0.2) is 0 Å². The molecule has 1 N–H and O–H groups in total. The number of halogens is 1. The summed E-state index contributed by atoms with van der Waals surface area (Å²) in [5.74, 6) is -0.545. The van der Waals surface area contributed by atoms with Gasteiger partial charge in [0, 0.05) is 6.04 Å². The molecule has 1 aliphatic rings. The summed E-state index contributed by atoms with van der Waals surface area (Å²) in [5.41, 5.74) is 0.997. The van der Waals surface area contributed by atoms with E-state index in [1.807, 2.05) is 6.92 Å². The maximum Gasteiger partial charge on any atom is 0.295 e. The number of aryl methyl sites for hydroxylation is 1. The van der Waals surface area contributed by atoms with Gasteiger partial charge in [0.2, 0.25) is 0 Å². The summed E-state index contributed by atoms with van der Waals surface area (Å²) in [5, 5.41) is 13.8. The van der Waals surface area contributed by atoms with Crippen molar-refractivity contribution >= 4 is 11.4 Å². The number of rotatable bonds is 1. The van der Waals surface area contributed by atoms with Crippen LogP contribution in [0.15, 0.2) is 12.1 Å². The van der Waals surface area contributed by atoms with E-state index in [9.17, 15) is 14.5 Å². The average molecular weight is 210 g/mol. The smallest absolute Gasteiger partial charge is 0.295 e. The van der Waals surface area contributed by atoms with E-state index in [4.69, 9.17) is 0 Å². The molecule has 2 rings (SSSR count). The summed E-state index contributed by atoms with van der Waals surface area (Å²) < 4.78 is 13.1. The molecule has 0 radical (unpaired) electrons. The van der Waals surface area contributed by atoms with E-state index in [2.05, 4.69) is 5.32 Å². The van der Waals surface area contributed by atoms with Crippen LogP contribution < -0.4 is 5.32 Å². The van der Waals surface area contributed by atoms with E-state index < -0.39 is 10.7 Å². The number of nitro groups is 1. The Kier molecular flexibility index (Phi) is 2.30. The fourth-order valence-corrected chi connectivity index (χ4v) is 1.85. The SMILES string of the molecule is C[C@H]1CCc2cc(F)cc([N+](=O)[O-])c2N1. The number of hydrogen-bond donors (Lipinski definition) is 1. The van der Waals surface area contributed by atoms with Crippen molar-refractivity contribution in [2.24, 2.45) is 0 Å². The van der Waals surface area contributed by atoms with Crippen molar-refractivity contribution in [3.8, 4) is 0 Å². The van der Waals surface area contributed by atoms with E-state index in [0.717, 1.165) is 12.5 Å². The third kappa shape index (κ3) is 1.77. The number of benzene rings is 1. The van der Waals surface area contributed by atoms with Crippen LogP contribution in [0.5, 0.6) is 0 Å². The first kappa shape index (κ1) is 9.89. The Morgan fingerprint density at radius 1 is 1.60 bits per heavy atom. The summed E-state index contributed by atoms with van der Waals surface area (Å²) in [6.45, 7) is 1.95. The lowest BCUT2D eigenvalue weighted by Gasteiger charge is -2.23. The van der Waals surface area contributed by atoms with Gasteiger partial charge in [-0.3, -0.25) is 10.1 Å². The lowest BCUT2D eigenvalue weighted by molar-refractivity contribution is -0.384. The van der Waals surface area contributed by atoms with Gasteiger partial charge in [-0.2, -0.15) is 0 Å². The minimum Gasteiger partial charge on any atom is -0.377 e. The largest absolute Gasteiger partial charge is 0.377 e. The van der Waals surface area contributed by atoms with Crippen LogP contribution in [0, 0.1) is 15.9 Å². The van der Waals surface area contributed by atoms with Crippen molar-refractivity contribution in [3.05, 3.63) is 33.6 Å². The van der Waals surface area contributed by atoms with Gasteiger partial charge in [-0.1, -0.05) is 0 Å². The lowest BCUT2D eigenvalue weighted by Crippen LogP contribution is -2.23. The summed E-state index contributed by atoms with van der Waals surface area (Å²) in [4.78, 5) is 10.2. The molecular weight excluding hydrogens is 199 g/mol. The Hall–Kier alpha value is -1.65. The molecule has 0 aliphatic carbocycles. The highest BCUT2D eigenvalue weighted by molar-refractivity contribution is 5.68. The van der Waals surface area contributed by atoms with Crippen molar-refractivity contribution in [2.45, 2.75) is 25.8 Å². The maximum absolute atomic E-state index is 13.1. The van der Waals surface area contributed by atoms with E-state index in [1.54, 1.807) is 0 Å². The summed E-state index contributed by atoms with van der Waals surface area (Å²) in [6.07, 6.45) is 1.55. The monoisotopic (exact) mass is 210 g/mol. The normalized spacial score (nSPS) is 19.2. The Morgan fingerprint density at radius 3 is 3.00 bits per heavy atom. The number of nitrogens with one attached hydrogen (secondary N) is 1. The molecule has 1 heterocycles. The minimum absolute atomic E-state index is 0.170. The quantitative estimate of drug-likeness (QED) is 0.572. The molecule has 1 aromatic carbocycles. The number of hydrogen-bond acceptors (Lipinski definition) is 3. The molecule has 0 saturated carbocycles. The topological polar surface area (TPSA) is 55.2 Å². The number of fused-ring (bicyclic) bond motifs is 1. The van der Waals surface area contributed by atoms with Gasteiger partial charge >= 0.3 is 0 Å². The minimum atomic E-state index is -0.549. The van der Waals surface area contributed by atoms with Crippen LogP contribution in [0.1, 0.15) is 18.9 Å². The Morgan fingerprint density at radius 2 is 2.33 bits per heavy atom. The van der Waals surface area contributed by atoms with Crippen LogP contribution in [-0.4, -0.2) is 11.0 Å². The summed E-state index contributed by atoms with van der Waals surface area (Å²) in [6, 6.07) is 2.52. The van der Waals surface area contributed by atoms with E-state index in [1.165, 1.54) is 6.07 Å². The van der Waals surface area contributed by atoms with Crippen molar-refractivity contribution in [2.75, 3.05) is 5.32 Å². The van der Waals surface area contributed by atoms with Crippen LogP contribution >= 0.6 is 0 Å². The standard InChI is InChI=1S/C10H11FN2O2/c1-6-2-3-7-4-8(11)5-9(13(14)15)10(7)12-6/h4-6,12H,2-3H2,1H3/t6-/m0/s1. The molecule has 1 aliphatic heterocycles. The number of anilines is 1. The molecule has 0 saturated heterocycles. The fraction of sp³-hybridized carbons (Fsp3) is 0.400. The zero-order valence-corrected chi connectivity index (χ0v) is 8.29. The van der Waals surface area contributed by atoms with Crippen LogP contribution in [-0.2, 0) is 6.42 Å². The van der Waals surface area contributed by atoms with Gasteiger partial charge in [0.25, 0.3) is 5.69 Å². The molecule has 0 aromatic heterocycles. The molecule has 1 aromatic rings. The molecule has 1 atom stereocenters. The third-order valence-corrected chi connectivity index (χ3v) is 2.60. The van der Waals surface area contributed by atoms with Crippen molar-refractivity contribution in [1.82, 2.24) is 0 Å². The Balaban J connectivity index is 2.55. The predicted octanol–water partition coefficient (Wildman–Crippen LogP) is 2.48. The maximum atomic E-state index is 13.1. The second-order valence-electron chi connectivity index (χ2n) is 3.80. The Labute approximate surface area is 86.3 Å². The van der Waals surface area contributed by atoms with Gasteiger partial charge in [-0.05, 0) is 31.4 Å². The highest BCUT2D eigenvalue weighted by Gasteiger charge is 2.24. The molecule has 4 nitrogen and oxygen atoms in total. The third-order valence-electron chi connectivity index (χ3n) is 2.60. The highest BCUT2D eigenvalue weighted by atomic mass is 19.1. The van der Waals surface area contributed by atoms with Crippen molar-refractivity contribution in [3.63, 3.8) is 0 Å². The van der Waals surface area contributed by atoms with Crippen LogP contribution in [0.4, 0.5) is 15.8 Å². The molecule has 5 heteroatoms. The predicted molar refractivity (Wildman–Crippen MR) is 54.5 cm³/mol. The summed E-state index contributed by atoms with van der Waals surface area (Å²) in [7, 11) is 0. The van der Waals surface area contributed by atoms with E-state index in [0.29, 0.717) is 17.7 Å². The second kappa shape index (κ2) is 3.49. The van der Waals surface area contributed by atoms with Gasteiger partial charge in [-0.25, -0.2) is 4.39 Å². The first-order valence-corrected chi connectivity index (χ1v) is 4.81. The summed E-state index contributed by atoms with van der Waals surface area (Å²) >= 11 is 0. The molecule has 0 fully saturated rings. The van der Waals surface area contributed by atoms with Gasteiger partial charge < -0.3 is 5.32 Å². The van der Waals surface area contributed by atoms with Gasteiger partial charge in [0.05, 0.1) is 11.0 Å². The molecule has 80 valence electrons. The molecule has 0 unspecified atom stereocenters. The molecule has 0 amide bonds.